The van der Waals surface area contributed by atoms with Gasteiger partial charge in [-0.1, -0.05) is 24.6 Å². The summed E-state index contributed by atoms with van der Waals surface area (Å²) in [4.78, 5) is 15.7. The first kappa shape index (κ1) is 21.4. The average Bonchev–Trinajstić information content (AvgIpc) is 3.27. The molecule has 2 aromatic heterocycles. The number of H-pyrrole nitrogens is 1. The molecule has 0 bridgehead atoms. The third-order valence-corrected chi connectivity index (χ3v) is 7.16. The molecule has 1 N–H and O–H groups in total. The molecule has 0 saturated carbocycles. The van der Waals surface area contributed by atoms with E-state index >= 15 is 0 Å². The zero-order valence-electron chi connectivity index (χ0n) is 16.8. The predicted octanol–water partition coefficient (Wildman–Crippen LogP) is 4.73. The van der Waals surface area contributed by atoms with Gasteiger partial charge in [0.15, 0.2) is 0 Å². The van der Waals surface area contributed by atoms with Crippen LogP contribution in [0, 0.1) is 0 Å². The smallest absolute Gasteiger partial charge is 0.252 e. The van der Waals surface area contributed by atoms with Crippen LogP contribution < -0.4 is 5.56 Å². The first-order valence-corrected chi connectivity index (χ1v) is 11.6. The second kappa shape index (κ2) is 8.70. The average molecular weight is 457 g/mol. The Balaban J connectivity index is 1.76. The van der Waals surface area contributed by atoms with Crippen molar-refractivity contribution in [3.8, 4) is 0 Å². The maximum atomic E-state index is 13.4. The van der Waals surface area contributed by atoms with Crippen LogP contribution in [-0.4, -0.2) is 17.7 Å². The molecule has 160 valence electrons. The van der Waals surface area contributed by atoms with E-state index in [4.69, 9.17) is 16.0 Å². The van der Waals surface area contributed by atoms with E-state index in [1.54, 1.807) is 18.2 Å². The van der Waals surface area contributed by atoms with Crippen LogP contribution in [0.25, 0.3) is 10.9 Å². The van der Waals surface area contributed by atoms with Crippen molar-refractivity contribution < 1.29 is 12.8 Å². The van der Waals surface area contributed by atoms with E-state index in [2.05, 4.69) is 11.9 Å². The molecule has 0 atom stereocenters. The molecule has 0 aliphatic heterocycles. The molecular formula is C23H21ClN2O4S. The number of rotatable bonds is 7. The number of nitrogens with zero attached hydrogens (tertiary/aromatic N) is 1. The van der Waals surface area contributed by atoms with E-state index < -0.39 is 10.0 Å². The molecule has 4 rings (SSSR count). The second-order valence-corrected chi connectivity index (χ2v) is 9.58. The lowest BCUT2D eigenvalue weighted by Gasteiger charge is -2.21. The number of aryl methyl sites for hydroxylation is 1. The molecule has 4 aromatic rings. The molecule has 2 heterocycles. The van der Waals surface area contributed by atoms with Crippen molar-refractivity contribution in [3.05, 3.63) is 99.2 Å². The molecule has 8 heteroatoms. The zero-order valence-corrected chi connectivity index (χ0v) is 18.4. The van der Waals surface area contributed by atoms with Crippen LogP contribution in [0.15, 0.2) is 81.0 Å². The number of hydrogen-bond acceptors (Lipinski definition) is 4. The van der Waals surface area contributed by atoms with Crippen molar-refractivity contribution in [3.63, 3.8) is 0 Å². The van der Waals surface area contributed by atoms with Crippen LogP contribution >= 0.6 is 11.6 Å². The molecule has 2 aromatic carbocycles. The Hall–Kier alpha value is -2.87. The van der Waals surface area contributed by atoms with Gasteiger partial charge in [-0.15, -0.1) is 0 Å². The Morgan fingerprint density at radius 2 is 1.81 bits per heavy atom. The highest BCUT2D eigenvalue weighted by molar-refractivity contribution is 7.89. The van der Waals surface area contributed by atoms with Crippen LogP contribution in [0.4, 0.5) is 0 Å². The minimum Gasteiger partial charge on any atom is -0.468 e. The molecule has 31 heavy (non-hydrogen) atoms. The third kappa shape index (κ3) is 4.58. The van der Waals surface area contributed by atoms with Crippen molar-refractivity contribution in [1.82, 2.24) is 9.29 Å². The largest absolute Gasteiger partial charge is 0.468 e. The van der Waals surface area contributed by atoms with Gasteiger partial charge in [0.05, 0.1) is 17.7 Å². The lowest BCUT2D eigenvalue weighted by atomic mass is 10.1. The van der Waals surface area contributed by atoms with Gasteiger partial charge in [0.2, 0.25) is 10.0 Å². The molecule has 0 fully saturated rings. The summed E-state index contributed by atoms with van der Waals surface area (Å²) in [6.45, 7) is 1.94. The maximum absolute atomic E-state index is 13.4. The predicted molar refractivity (Wildman–Crippen MR) is 121 cm³/mol. The van der Waals surface area contributed by atoms with E-state index in [-0.39, 0.29) is 23.5 Å². The normalized spacial score (nSPS) is 12.0. The van der Waals surface area contributed by atoms with Crippen molar-refractivity contribution in [1.29, 1.82) is 0 Å². The van der Waals surface area contributed by atoms with Gasteiger partial charge >= 0.3 is 0 Å². The van der Waals surface area contributed by atoms with Crippen LogP contribution in [-0.2, 0) is 29.5 Å². The van der Waals surface area contributed by atoms with E-state index in [1.807, 2.05) is 18.2 Å². The summed E-state index contributed by atoms with van der Waals surface area (Å²) in [5.41, 5.74) is 1.87. The van der Waals surface area contributed by atoms with Gasteiger partial charge in [0.25, 0.3) is 5.56 Å². The van der Waals surface area contributed by atoms with Gasteiger partial charge in [0, 0.05) is 22.6 Å². The SMILES string of the molecule is CCc1ccc2[nH]c(=O)c(CN(Cc3ccco3)S(=O)(=O)c3ccc(Cl)cc3)cc2c1. The van der Waals surface area contributed by atoms with Gasteiger partial charge in [-0.05, 0) is 72.0 Å². The number of fused-ring (bicyclic) bond motifs is 1. The minimum atomic E-state index is -3.91. The van der Waals surface area contributed by atoms with E-state index in [1.165, 1.54) is 34.8 Å². The molecule has 0 aliphatic rings. The lowest BCUT2D eigenvalue weighted by molar-refractivity contribution is 0.357. The Labute approximate surface area is 185 Å². The first-order valence-electron chi connectivity index (χ1n) is 9.80. The van der Waals surface area contributed by atoms with Crippen LogP contribution in [0.3, 0.4) is 0 Å². The van der Waals surface area contributed by atoms with Gasteiger partial charge in [0.1, 0.15) is 5.76 Å². The van der Waals surface area contributed by atoms with Crippen molar-refractivity contribution in [2.75, 3.05) is 0 Å². The molecule has 0 aliphatic carbocycles. The highest BCUT2D eigenvalue weighted by Crippen LogP contribution is 2.23. The fourth-order valence-electron chi connectivity index (χ4n) is 3.39. The van der Waals surface area contributed by atoms with Crippen LogP contribution in [0.2, 0.25) is 5.02 Å². The number of nitrogens with one attached hydrogen (secondary N) is 1. The van der Waals surface area contributed by atoms with Crippen molar-refractivity contribution in [2.24, 2.45) is 0 Å². The van der Waals surface area contributed by atoms with Crippen LogP contribution in [0.5, 0.6) is 0 Å². The Bertz CT molecular complexity index is 1360. The summed E-state index contributed by atoms with van der Waals surface area (Å²) in [6.07, 6.45) is 2.34. The van der Waals surface area contributed by atoms with E-state index in [0.717, 1.165) is 17.4 Å². The monoisotopic (exact) mass is 456 g/mol. The summed E-state index contributed by atoms with van der Waals surface area (Å²) >= 11 is 5.92. The number of pyridine rings is 1. The summed E-state index contributed by atoms with van der Waals surface area (Å²) in [5.74, 6) is 0.475. The molecule has 0 radical (unpaired) electrons. The quantitative estimate of drug-likeness (QED) is 0.436. The van der Waals surface area contributed by atoms with Gasteiger partial charge in [-0.3, -0.25) is 4.79 Å². The number of aromatic nitrogens is 1. The molecule has 0 saturated heterocycles. The number of halogens is 1. The van der Waals surface area contributed by atoms with Crippen molar-refractivity contribution >= 4 is 32.5 Å². The summed E-state index contributed by atoms with van der Waals surface area (Å²) in [6, 6.07) is 16.9. The summed E-state index contributed by atoms with van der Waals surface area (Å²) < 4.78 is 33.4. The number of hydrogen-bond donors (Lipinski definition) is 1. The highest BCUT2D eigenvalue weighted by Gasteiger charge is 2.27. The zero-order chi connectivity index (χ0) is 22.0. The second-order valence-electron chi connectivity index (χ2n) is 7.21. The highest BCUT2D eigenvalue weighted by atomic mass is 35.5. The summed E-state index contributed by atoms with van der Waals surface area (Å²) in [7, 11) is -3.91. The number of benzene rings is 2. The fourth-order valence-corrected chi connectivity index (χ4v) is 4.90. The van der Waals surface area contributed by atoms with Crippen LogP contribution in [0.1, 0.15) is 23.8 Å². The summed E-state index contributed by atoms with van der Waals surface area (Å²) in [5, 5.41) is 1.30. The first-order chi connectivity index (χ1) is 14.9. The van der Waals surface area contributed by atoms with E-state index in [0.29, 0.717) is 21.9 Å². The fraction of sp³-hybridized carbons (Fsp3) is 0.174. The Morgan fingerprint density at radius 3 is 2.48 bits per heavy atom. The Kier molecular flexibility index (Phi) is 6.00. The number of furan rings is 1. The van der Waals surface area contributed by atoms with Gasteiger partial charge in [-0.2, -0.15) is 4.31 Å². The number of sulfonamides is 1. The molecule has 0 amide bonds. The minimum absolute atomic E-state index is 0.00949. The van der Waals surface area contributed by atoms with Gasteiger partial charge < -0.3 is 9.40 Å². The third-order valence-electron chi connectivity index (χ3n) is 5.10. The lowest BCUT2D eigenvalue weighted by Crippen LogP contribution is -2.32. The maximum Gasteiger partial charge on any atom is 0.252 e. The molecule has 0 unspecified atom stereocenters. The molecule has 0 spiro atoms. The molecule has 6 nitrogen and oxygen atoms in total. The van der Waals surface area contributed by atoms with Gasteiger partial charge in [-0.25, -0.2) is 8.42 Å². The standard InChI is InChI=1S/C23H21ClN2O4S/c1-2-16-5-10-22-17(12-16)13-18(23(27)25-22)14-26(15-20-4-3-11-30-20)31(28,29)21-8-6-19(24)7-9-21/h3-13H,2,14-15H2,1H3,(H,25,27). The topological polar surface area (TPSA) is 83.4 Å². The van der Waals surface area contributed by atoms with E-state index in [9.17, 15) is 13.2 Å². The Morgan fingerprint density at radius 1 is 1.03 bits per heavy atom. The number of aromatic amines is 1. The molecular weight excluding hydrogens is 436 g/mol. The van der Waals surface area contributed by atoms with Crippen molar-refractivity contribution in [2.45, 2.75) is 31.3 Å².